The van der Waals surface area contributed by atoms with Gasteiger partial charge >= 0.3 is 0 Å². The largest absolute Gasteiger partial charge is 0.497 e. The fraction of sp³-hybridized carbons (Fsp3) is 0.182. The number of rotatable bonds is 4. The first-order chi connectivity index (χ1) is 8.28. The summed E-state index contributed by atoms with van der Waals surface area (Å²) in [7, 11) is 1.64. The van der Waals surface area contributed by atoms with Crippen LogP contribution in [0.3, 0.4) is 0 Å². The summed E-state index contributed by atoms with van der Waals surface area (Å²) in [4.78, 5) is 11.6. The molecule has 18 heavy (non-hydrogen) atoms. The molecule has 1 heterocycles. The Bertz CT molecular complexity index is 491. The molecule has 0 aliphatic rings. The van der Waals surface area contributed by atoms with Gasteiger partial charge in [-0.3, -0.25) is 0 Å². The van der Waals surface area contributed by atoms with Crippen molar-refractivity contribution in [3.8, 4) is 5.75 Å². The third-order valence-electron chi connectivity index (χ3n) is 2.20. The Labute approximate surface area is 111 Å². The highest BCUT2D eigenvalue weighted by Crippen LogP contribution is 2.12. The van der Waals surface area contributed by atoms with E-state index in [-0.39, 0.29) is 18.4 Å². The number of nitrogens with two attached hydrogens (primary N) is 1. The second kappa shape index (κ2) is 6.61. The summed E-state index contributed by atoms with van der Waals surface area (Å²) in [5.41, 5.74) is 6.55. The minimum atomic E-state index is 0. The molecule has 0 saturated carbocycles. The van der Waals surface area contributed by atoms with E-state index >= 15 is 0 Å². The van der Waals surface area contributed by atoms with Gasteiger partial charge in [0.15, 0.2) is 0 Å². The minimum Gasteiger partial charge on any atom is -0.497 e. The number of benzene rings is 1. The van der Waals surface area contributed by atoms with Gasteiger partial charge in [-0.05, 0) is 17.7 Å². The third-order valence-corrected chi connectivity index (χ3v) is 2.20. The summed E-state index contributed by atoms with van der Waals surface area (Å²) in [5, 5.41) is 3.06. The van der Waals surface area contributed by atoms with Gasteiger partial charge in [-0.15, -0.1) is 12.4 Å². The van der Waals surface area contributed by atoms with Crippen molar-refractivity contribution in [2.75, 3.05) is 18.2 Å². The summed E-state index contributed by atoms with van der Waals surface area (Å²) < 4.78 is 5.08. The van der Waals surface area contributed by atoms with E-state index in [4.69, 9.17) is 10.5 Å². The predicted molar refractivity (Wildman–Crippen MR) is 71.8 cm³/mol. The maximum Gasteiger partial charge on any atom is 0.227 e. The first kappa shape index (κ1) is 14.0. The summed E-state index contributed by atoms with van der Waals surface area (Å²) >= 11 is 0. The molecule has 0 bridgehead atoms. The highest BCUT2D eigenvalue weighted by Gasteiger charge is 1.98. The Morgan fingerprint density at radius 1 is 1.22 bits per heavy atom. The Hall–Kier alpha value is -2.08. The number of hydrogen-bond donors (Lipinski definition) is 2. The average molecular weight is 268 g/mol. The Kier molecular flexibility index (Phi) is 5.13. The summed E-state index contributed by atoms with van der Waals surface area (Å²) in [6, 6.07) is 7.74. The van der Waals surface area contributed by atoms with E-state index in [0.717, 1.165) is 11.3 Å². The van der Waals surface area contributed by atoms with E-state index in [1.54, 1.807) is 7.11 Å². The number of nitrogen functional groups attached to an aromatic ring is 1. The molecule has 96 valence electrons. The molecule has 6 nitrogen and oxygen atoms in total. The van der Waals surface area contributed by atoms with Gasteiger partial charge in [-0.25, -0.2) is 9.97 Å². The maximum atomic E-state index is 5.45. The normalized spacial score (nSPS) is 9.39. The average Bonchev–Trinajstić information content (AvgIpc) is 2.37. The van der Waals surface area contributed by atoms with E-state index in [1.165, 1.54) is 6.33 Å². The second-order valence-corrected chi connectivity index (χ2v) is 3.37. The zero-order valence-electron chi connectivity index (χ0n) is 9.83. The number of halogens is 1. The molecule has 0 amide bonds. The van der Waals surface area contributed by atoms with Gasteiger partial charge in [0.25, 0.3) is 0 Å². The first-order valence-electron chi connectivity index (χ1n) is 5.09. The highest BCUT2D eigenvalue weighted by atomic mass is 35.5. The zero-order valence-corrected chi connectivity index (χ0v) is 10.6. The lowest BCUT2D eigenvalue weighted by Gasteiger charge is -2.05. The molecular weight excluding hydrogens is 254 g/mol. The molecule has 0 spiro atoms. The van der Waals surface area contributed by atoms with Crippen molar-refractivity contribution in [2.24, 2.45) is 0 Å². The molecular formula is C11H14ClN5O. The molecule has 7 heteroatoms. The van der Waals surface area contributed by atoms with Gasteiger partial charge < -0.3 is 15.8 Å². The molecule has 2 aromatic rings. The molecule has 0 aliphatic carbocycles. The predicted octanol–water partition coefficient (Wildman–Crippen LogP) is 1.50. The number of nitrogens with one attached hydrogen (secondary N) is 1. The standard InChI is InChI=1S/C11H13N5O.ClH/c1-17-9-4-2-8(3-5-9)6-13-11-15-7-14-10(12)16-11;/h2-5,7H,6H2,1H3,(H3,12,13,14,15,16);1H. The SMILES string of the molecule is COc1ccc(CNc2ncnc(N)n2)cc1.Cl. The number of methoxy groups -OCH3 is 1. The fourth-order valence-corrected chi connectivity index (χ4v) is 1.32. The van der Waals surface area contributed by atoms with Crippen LogP contribution >= 0.6 is 12.4 Å². The van der Waals surface area contributed by atoms with Crippen molar-refractivity contribution in [3.63, 3.8) is 0 Å². The Balaban J connectivity index is 0.00000162. The Morgan fingerprint density at radius 2 is 1.94 bits per heavy atom. The third kappa shape index (κ3) is 3.74. The quantitative estimate of drug-likeness (QED) is 0.873. The van der Waals surface area contributed by atoms with Crippen LogP contribution < -0.4 is 15.8 Å². The number of hydrogen-bond acceptors (Lipinski definition) is 6. The minimum absolute atomic E-state index is 0. The van der Waals surface area contributed by atoms with Gasteiger partial charge in [-0.2, -0.15) is 4.98 Å². The first-order valence-corrected chi connectivity index (χ1v) is 5.09. The molecule has 0 aliphatic heterocycles. The van der Waals surface area contributed by atoms with Crippen molar-refractivity contribution < 1.29 is 4.74 Å². The molecule has 0 atom stereocenters. The number of anilines is 2. The molecule has 3 N–H and O–H groups in total. The lowest BCUT2D eigenvalue weighted by Crippen LogP contribution is -2.06. The number of aromatic nitrogens is 3. The van der Waals surface area contributed by atoms with Crippen LogP contribution in [-0.4, -0.2) is 22.1 Å². The second-order valence-electron chi connectivity index (χ2n) is 3.37. The fourth-order valence-electron chi connectivity index (χ4n) is 1.32. The molecule has 1 aromatic heterocycles. The summed E-state index contributed by atoms with van der Waals surface area (Å²) in [6.45, 7) is 0.618. The van der Waals surface area contributed by atoms with Crippen molar-refractivity contribution >= 4 is 24.3 Å². The van der Waals surface area contributed by atoms with E-state index in [0.29, 0.717) is 12.5 Å². The monoisotopic (exact) mass is 267 g/mol. The lowest BCUT2D eigenvalue weighted by molar-refractivity contribution is 0.414. The molecule has 0 saturated heterocycles. The maximum absolute atomic E-state index is 5.45. The smallest absolute Gasteiger partial charge is 0.227 e. The van der Waals surface area contributed by atoms with Gasteiger partial charge in [-0.1, -0.05) is 12.1 Å². The number of nitrogens with zero attached hydrogens (tertiary/aromatic N) is 3. The Morgan fingerprint density at radius 3 is 2.56 bits per heavy atom. The van der Waals surface area contributed by atoms with Gasteiger partial charge in [0.2, 0.25) is 11.9 Å². The molecule has 2 rings (SSSR count). The summed E-state index contributed by atoms with van der Waals surface area (Å²) in [6.07, 6.45) is 1.37. The molecule has 0 fully saturated rings. The van der Waals surface area contributed by atoms with E-state index in [1.807, 2.05) is 24.3 Å². The van der Waals surface area contributed by atoms with E-state index < -0.39 is 0 Å². The zero-order chi connectivity index (χ0) is 12.1. The van der Waals surface area contributed by atoms with Crippen LogP contribution in [-0.2, 0) is 6.54 Å². The van der Waals surface area contributed by atoms with Crippen LogP contribution in [0.15, 0.2) is 30.6 Å². The molecule has 1 aromatic carbocycles. The molecule has 0 unspecified atom stereocenters. The van der Waals surface area contributed by atoms with Crippen LogP contribution in [0.5, 0.6) is 5.75 Å². The topological polar surface area (TPSA) is 86.0 Å². The van der Waals surface area contributed by atoms with E-state index in [9.17, 15) is 0 Å². The van der Waals surface area contributed by atoms with Crippen molar-refractivity contribution in [2.45, 2.75) is 6.54 Å². The van der Waals surface area contributed by atoms with Crippen LogP contribution in [0.2, 0.25) is 0 Å². The van der Waals surface area contributed by atoms with Crippen LogP contribution in [0.1, 0.15) is 5.56 Å². The van der Waals surface area contributed by atoms with E-state index in [2.05, 4.69) is 20.3 Å². The van der Waals surface area contributed by atoms with Gasteiger partial charge in [0.05, 0.1) is 7.11 Å². The summed E-state index contributed by atoms with van der Waals surface area (Å²) in [5.74, 6) is 1.50. The van der Waals surface area contributed by atoms with Crippen molar-refractivity contribution in [1.29, 1.82) is 0 Å². The van der Waals surface area contributed by atoms with Crippen LogP contribution in [0.4, 0.5) is 11.9 Å². The van der Waals surface area contributed by atoms with Crippen LogP contribution in [0.25, 0.3) is 0 Å². The lowest BCUT2D eigenvalue weighted by atomic mass is 10.2. The van der Waals surface area contributed by atoms with Gasteiger partial charge in [0.1, 0.15) is 12.1 Å². The highest BCUT2D eigenvalue weighted by molar-refractivity contribution is 5.85. The number of ether oxygens (including phenoxy) is 1. The van der Waals surface area contributed by atoms with Crippen molar-refractivity contribution in [3.05, 3.63) is 36.2 Å². The van der Waals surface area contributed by atoms with Crippen LogP contribution in [0, 0.1) is 0 Å². The van der Waals surface area contributed by atoms with Crippen molar-refractivity contribution in [1.82, 2.24) is 15.0 Å². The molecule has 0 radical (unpaired) electrons. The van der Waals surface area contributed by atoms with Gasteiger partial charge in [0, 0.05) is 6.54 Å².